The molecule has 16 heavy (non-hydrogen) atoms. The van der Waals surface area contributed by atoms with E-state index in [9.17, 15) is 8.42 Å². The van der Waals surface area contributed by atoms with Crippen molar-refractivity contribution in [1.29, 1.82) is 0 Å². The molecule has 0 amide bonds. The zero-order valence-corrected chi connectivity index (χ0v) is 11.1. The number of alkyl halides is 1. The largest absolute Gasteiger partial charge is 0.215 e. The predicted molar refractivity (Wildman–Crippen MR) is 66.1 cm³/mol. The number of hydrogen-bond donors (Lipinski definition) is 1. The molecule has 0 bridgehead atoms. The van der Waals surface area contributed by atoms with Crippen LogP contribution in [0.5, 0.6) is 0 Å². The lowest BCUT2D eigenvalue weighted by Gasteiger charge is -2.30. The molecule has 2 atom stereocenters. The fourth-order valence-electron chi connectivity index (χ4n) is 2.48. The lowest BCUT2D eigenvalue weighted by molar-refractivity contribution is 0.260. The van der Waals surface area contributed by atoms with Crippen molar-refractivity contribution < 1.29 is 8.42 Å². The highest BCUT2D eigenvalue weighted by molar-refractivity contribution is 7.90. The van der Waals surface area contributed by atoms with Gasteiger partial charge in [0.25, 0.3) is 0 Å². The minimum atomic E-state index is -3.01. The summed E-state index contributed by atoms with van der Waals surface area (Å²) in [5.41, 5.74) is 0. The van der Waals surface area contributed by atoms with Crippen molar-refractivity contribution in [2.75, 3.05) is 12.4 Å². The van der Waals surface area contributed by atoms with Crippen LogP contribution >= 0.6 is 11.6 Å². The molecule has 0 aliphatic heterocycles. The van der Waals surface area contributed by atoms with E-state index in [1.807, 2.05) is 0 Å². The van der Waals surface area contributed by atoms with Gasteiger partial charge < -0.3 is 0 Å². The first kappa shape index (κ1) is 12.7. The van der Waals surface area contributed by atoms with Gasteiger partial charge in [0.2, 0.25) is 10.0 Å². The van der Waals surface area contributed by atoms with Gasteiger partial charge in [-0.3, -0.25) is 0 Å². The Bertz CT molecular complexity index is 327. The Morgan fingerprint density at radius 3 is 2.25 bits per heavy atom. The van der Waals surface area contributed by atoms with Gasteiger partial charge in [-0.05, 0) is 37.5 Å². The van der Waals surface area contributed by atoms with E-state index in [-0.39, 0.29) is 5.25 Å². The molecular weight excluding hydrogens is 246 g/mol. The maximum absolute atomic E-state index is 11.7. The van der Waals surface area contributed by atoms with Crippen LogP contribution in [0, 0.1) is 11.8 Å². The standard InChI is InChI=1S/C11H20ClNO2S/c12-7-9-3-1-2-4-10(9)8-13-16(14,15)11-5-6-11/h9-11,13H,1-8H2. The molecule has 1 N–H and O–H groups in total. The molecular formula is C11H20ClNO2S. The van der Waals surface area contributed by atoms with Crippen LogP contribution in [0.4, 0.5) is 0 Å². The highest BCUT2D eigenvalue weighted by Crippen LogP contribution is 2.32. The molecule has 94 valence electrons. The maximum Gasteiger partial charge on any atom is 0.214 e. The van der Waals surface area contributed by atoms with Gasteiger partial charge in [-0.1, -0.05) is 12.8 Å². The van der Waals surface area contributed by atoms with Gasteiger partial charge in [-0.25, -0.2) is 13.1 Å². The second-order valence-electron chi connectivity index (χ2n) is 5.05. The summed E-state index contributed by atoms with van der Waals surface area (Å²) >= 11 is 5.92. The average molecular weight is 266 g/mol. The summed E-state index contributed by atoms with van der Waals surface area (Å²) in [5, 5.41) is -0.106. The van der Waals surface area contributed by atoms with Gasteiger partial charge in [0.05, 0.1) is 5.25 Å². The van der Waals surface area contributed by atoms with E-state index in [0.717, 1.165) is 25.7 Å². The summed E-state index contributed by atoms with van der Waals surface area (Å²) in [4.78, 5) is 0. The van der Waals surface area contributed by atoms with E-state index >= 15 is 0 Å². The number of sulfonamides is 1. The Labute approximate surface area is 103 Å². The van der Waals surface area contributed by atoms with Gasteiger partial charge in [0, 0.05) is 12.4 Å². The zero-order valence-electron chi connectivity index (χ0n) is 9.49. The van der Waals surface area contributed by atoms with Crippen molar-refractivity contribution in [3.63, 3.8) is 0 Å². The van der Waals surface area contributed by atoms with E-state index in [0.29, 0.717) is 24.3 Å². The van der Waals surface area contributed by atoms with Crippen LogP contribution in [0.25, 0.3) is 0 Å². The summed E-state index contributed by atoms with van der Waals surface area (Å²) in [6.45, 7) is 0.593. The van der Waals surface area contributed by atoms with Gasteiger partial charge in [0.1, 0.15) is 0 Å². The van der Waals surface area contributed by atoms with Crippen LogP contribution in [0.15, 0.2) is 0 Å². The lowest BCUT2D eigenvalue weighted by atomic mass is 9.80. The molecule has 2 fully saturated rings. The molecule has 3 nitrogen and oxygen atoms in total. The van der Waals surface area contributed by atoms with Crippen LogP contribution < -0.4 is 4.72 Å². The maximum atomic E-state index is 11.7. The van der Waals surface area contributed by atoms with E-state index < -0.39 is 10.0 Å². The average Bonchev–Trinajstić information content (AvgIpc) is 3.11. The summed E-state index contributed by atoms with van der Waals surface area (Å²) in [5.74, 6) is 1.60. The Morgan fingerprint density at radius 2 is 1.69 bits per heavy atom. The molecule has 0 aromatic carbocycles. The fourth-order valence-corrected chi connectivity index (χ4v) is 4.32. The predicted octanol–water partition coefficient (Wildman–Crippen LogP) is 2.11. The molecule has 2 saturated carbocycles. The van der Waals surface area contributed by atoms with Crippen molar-refractivity contribution in [3.05, 3.63) is 0 Å². The normalized spacial score (nSPS) is 31.6. The Kier molecular flexibility index (Phi) is 4.14. The summed E-state index contributed by atoms with van der Waals surface area (Å²) in [6, 6.07) is 0. The number of rotatable bonds is 5. The summed E-state index contributed by atoms with van der Waals surface area (Å²) in [6.07, 6.45) is 6.38. The van der Waals surface area contributed by atoms with Gasteiger partial charge in [-0.2, -0.15) is 0 Å². The lowest BCUT2D eigenvalue weighted by Crippen LogP contribution is -2.36. The van der Waals surface area contributed by atoms with Crippen LogP contribution in [0.2, 0.25) is 0 Å². The molecule has 2 unspecified atom stereocenters. The van der Waals surface area contributed by atoms with Crippen LogP contribution in [0.1, 0.15) is 38.5 Å². The molecule has 2 aliphatic carbocycles. The fraction of sp³-hybridized carbons (Fsp3) is 1.00. The summed E-state index contributed by atoms with van der Waals surface area (Å²) < 4.78 is 26.1. The zero-order chi connectivity index (χ0) is 11.6. The van der Waals surface area contributed by atoms with Gasteiger partial charge >= 0.3 is 0 Å². The third-order valence-electron chi connectivity index (χ3n) is 3.77. The first-order chi connectivity index (χ1) is 7.63. The molecule has 2 aliphatic rings. The first-order valence-electron chi connectivity index (χ1n) is 6.18. The number of hydrogen-bond acceptors (Lipinski definition) is 2. The molecule has 0 aromatic heterocycles. The Balaban J connectivity index is 1.83. The Hall–Kier alpha value is 0.200. The van der Waals surface area contributed by atoms with Crippen molar-refractivity contribution in [2.24, 2.45) is 11.8 Å². The highest BCUT2D eigenvalue weighted by atomic mass is 35.5. The molecule has 0 aromatic rings. The van der Waals surface area contributed by atoms with Gasteiger partial charge in [0.15, 0.2) is 0 Å². The van der Waals surface area contributed by atoms with Crippen LogP contribution in [0.3, 0.4) is 0 Å². The minimum absolute atomic E-state index is 0.106. The SMILES string of the molecule is O=S(=O)(NCC1CCCCC1CCl)C1CC1. The van der Waals surface area contributed by atoms with Crippen molar-refractivity contribution in [2.45, 2.75) is 43.8 Å². The molecule has 5 heteroatoms. The molecule has 0 spiro atoms. The van der Waals surface area contributed by atoms with E-state index in [1.165, 1.54) is 12.8 Å². The van der Waals surface area contributed by atoms with Crippen LogP contribution in [-0.4, -0.2) is 26.1 Å². The molecule has 0 saturated heterocycles. The molecule has 0 radical (unpaired) electrons. The van der Waals surface area contributed by atoms with E-state index in [1.54, 1.807) is 0 Å². The minimum Gasteiger partial charge on any atom is -0.215 e. The highest BCUT2D eigenvalue weighted by Gasteiger charge is 2.36. The first-order valence-corrected chi connectivity index (χ1v) is 8.26. The van der Waals surface area contributed by atoms with Crippen molar-refractivity contribution >= 4 is 21.6 Å². The Morgan fingerprint density at radius 1 is 1.06 bits per heavy atom. The smallest absolute Gasteiger partial charge is 0.214 e. The van der Waals surface area contributed by atoms with E-state index in [4.69, 9.17) is 11.6 Å². The number of nitrogens with one attached hydrogen (secondary N) is 1. The van der Waals surface area contributed by atoms with E-state index in [2.05, 4.69) is 4.72 Å². The van der Waals surface area contributed by atoms with Crippen molar-refractivity contribution in [3.8, 4) is 0 Å². The second kappa shape index (κ2) is 5.23. The summed E-state index contributed by atoms with van der Waals surface area (Å²) in [7, 11) is -3.01. The molecule has 2 rings (SSSR count). The third-order valence-corrected chi connectivity index (χ3v) is 6.09. The third kappa shape index (κ3) is 3.11. The number of halogens is 1. The van der Waals surface area contributed by atoms with Crippen molar-refractivity contribution in [1.82, 2.24) is 4.72 Å². The molecule has 0 heterocycles. The monoisotopic (exact) mass is 265 g/mol. The topological polar surface area (TPSA) is 46.2 Å². The quantitative estimate of drug-likeness (QED) is 0.774. The van der Waals surface area contributed by atoms with Gasteiger partial charge in [-0.15, -0.1) is 11.6 Å². The van der Waals surface area contributed by atoms with Crippen LogP contribution in [-0.2, 0) is 10.0 Å². The second-order valence-corrected chi connectivity index (χ2v) is 7.41.